The molecule has 7 nitrogen and oxygen atoms in total. The van der Waals surface area contributed by atoms with Gasteiger partial charge in [0.05, 0.1) is 21.7 Å². The molecule has 0 fully saturated rings. The number of para-hydroxylation sites is 1. The molecule has 0 unspecified atom stereocenters. The van der Waals surface area contributed by atoms with Crippen LogP contribution in [0, 0.1) is 6.92 Å². The molecule has 36 heavy (non-hydrogen) atoms. The zero-order chi connectivity index (χ0) is 25.7. The van der Waals surface area contributed by atoms with Crippen LogP contribution in [-0.4, -0.2) is 41.7 Å². The average molecular weight is 519 g/mol. The Hall–Kier alpha value is -3.66. The van der Waals surface area contributed by atoms with Gasteiger partial charge in [0.25, 0.3) is 5.91 Å². The summed E-state index contributed by atoms with van der Waals surface area (Å²) in [5.41, 5.74) is 3.09. The van der Waals surface area contributed by atoms with Crippen LogP contribution in [0.4, 0.5) is 5.13 Å². The van der Waals surface area contributed by atoms with Crippen LogP contribution >= 0.6 is 11.3 Å². The lowest BCUT2D eigenvalue weighted by atomic mass is 10.2. The molecule has 0 saturated heterocycles. The molecule has 0 bridgehead atoms. The largest absolute Gasteiger partial charge is 0.279 e. The minimum atomic E-state index is -3.76. The molecule has 0 radical (unpaired) electrons. The van der Waals surface area contributed by atoms with Crippen molar-refractivity contribution in [1.29, 1.82) is 0 Å². The molecule has 4 aromatic rings. The van der Waals surface area contributed by atoms with E-state index in [4.69, 9.17) is 4.98 Å². The third kappa shape index (κ3) is 5.28. The second-order valence-corrected chi connectivity index (χ2v) is 11.0. The second kappa shape index (κ2) is 10.9. The monoisotopic (exact) mass is 518 g/mol. The third-order valence-electron chi connectivity index (χ3n) is 5.55. The predicted octanol–water partition coefficient (Wildman–Crippen LogP) is 5.21. The van der Waals surface area contributed by atoms with E-state index in [0.717, 1.165) is 21.3 Å². The molecule has 2 heterocycles. The minimum absolute atomic E-state index is 0.0946. The van der Waals surface area contributed by atoms with Crippen LogP contribution in [0.25, 0.3) is 10.2 Å². The van der Waals surface area contributed by atoms with E-state index >= 15 is 0 Å². The maximum atomic E-state index is 13.7. The molecule has 0 atom stereocenters. The maximum Gasteiger partial charge on any atom is 0.260 e. The van der Waals surface area contributed by atoms with E-state index in [0.29, 0.717) is 10.7 Å². The summed E-state index contributed by atoms with van der Waals surface area (Å²) >= 11 is 1.44. The predicted molar refractivity (Wildman–Crippen MR) is 145 cm³/mol. The Morgan fingerprint density at radius 2 is 1.75 bits per heavy atom. The van der Waals surface area contributed by atoms with Gasteiger partial charge < -0.3 is 0 Å². The van der Waals surface area contributed by atoms with E-state index < -0.39 is 10.0 Å². The van der Waals surface area contributed by atoms with Crippen LogP contribution in [0.5, 0.6) is 0 Å². The van der Waals surface area contributed by atoms with Gasteiger partial charge in [0, 0.05) is 31.0 Å². The van der Waals surface area contributed by atoms with Crippen molar-refractivity contribution in [2.24, 2.45) is 0 Å². The number of aryl methyl sites for hydroxylation is 1. The second-order valence-electron chi connectivity index (χ2n) is 8.09. The number of rotatable bonds is 10. The number of nitrogens with zero attached hydrogens (tertiary/aromatic N) is 4. The van der Waals surface area contributed by atoms with E-state index in [-0.39, 0.29) is 30.4 Å². The highest BCUT2D eigenvalue weighted by Crippen LogP contribution is 2.32. The standard InChI is InChI=1S/C27H26N4O3S2/c1-4-16-30(17-5-2)36(33,34)23-13-11-22(12-14-23)26(32)31(19-21-9-7-15-28-18-21)27-29-25-20(3)8-6-10-24(25)35-27/h4-15,18H,1-2,16-17,19H2,3H3. The Labute approximate surface area is 215 Å². The van der Waals surface area contributed by atoms with Crippen LogP contribution in [-0.2, 0) is 16.6 Å². The average Bonchev–Trinajstić information content (AvgIpc) is 3.33. The molecule has 0 N–H and O–H groups in total. The summed E-state index contributed by atoms with van der Waals surface area (Å²) in [5.74, 6) is -0.284. The molecule has 0 spiro atoms. The molecule has 4 rings (SSSR count). The molecule has 0 aliphatic rings. The van der Waals surface area contributed by atoms with E-state index in [1.165, 1.54) is 52.1 Å². The van der Waals surface area contributed by atoms with E-state index in [9.17, 15) is 13.2 Å². The number of anilines is 1. The van der Waals surface area contributed by atoms with Gasteiger partial charge in [-0.2, -0.15) is 4.31 Å². The van der Waals surface area contributed by atoms with Crippen molar-refractivity contribution in [2.45, 2.75) is 18.4 Å². The number of carbonyl (C=O) groups is 1. The molecular weight excluding hydrogens is 492 g/mol. The zero-order valence-electron chi connectivity index (χ0n) is 19.9. The van der Waals surface area contributed by atoms with Crippen molar-refractivity contribution < 1.29 is 13.2 Å². The smallest absolute Gasteiger partial charge is 0.260 e. The highest BCUT2D eigenvalue weighted by molar-refractivity contribution is 7.89. The number of hydrogen-bond donors (Lipinski definition) is 0. The Balaban J connectivity index is 1.69. The highest BCUT2D eigenvalue weighted by Gasteiger charge is 2.25. The maximum absolute atomic E-state index is 13.7. The van der Waals surface area contributed by atoms with E-state index in [1.807, 2.05) is 37.3 Å². The van der Waals surface area contributed by atoms with Crippen molar-refractivity contribution >= 4 is 42.6 Å². The summed E-state index contributed by atoms with van der Waals surface area (Å²) in [6.45, 7) is 9.84. The summed E-state index contributed by atoms with van der Waals surface area (Å²) in [4.78, 5) is 24.3. The number of benzene rings is 2. The van der Waals surface area contributed by atoms with Crippen LogP contribution < -0.4 is 4.90 Å². The normalized spacial score (nSPS) is 11.5. The fraction of sp³-hybridized carbons (Fsp3) is 0.148. The molecule has 0 aliphatic heterocycles. The Kier molecular flexibility index (Phi) is 7.73. The van der Waals surface area contributed by atoms with Crippen LogP contribution in [0.1, 0.15) is 21.5 Å². The first-order valence-electron chi connectivity index (χ1n) is 11.2. The van der Waals surface area contributed by atoms with Gasteiger partial charge in [-0.05, 0) is 54.4 Å². The summed E-state index contributed by atoms with van der Waals surface area (Å²) in [6, 6.07) is 15.6. The van der Waals surface area contributed by atoms with Crippen molar-refractivity contribution in [3.05, 3.63) is 109 Å². The number of hydrogen-bond acceptors (Lipinski definition) is 6. The number of carbonyl (C=O) groups excluding carboxylic acids is 1. The van der Waals surface area contributed by atoms with Crippen molar-refractivity contribution in [2.75, 3.05) is 18.0 Å². The van der Waals surface area contributed by atoms with Gasteiger partial charge in [0.2, 0.25) is 10.0 Å². The summed E-state index contributed by atoms with van der Waals surface area (Å²) in [5, 5.41) is 0.563. The fourth-order valence-corrected chi connectivity index (χ4v) is 6.15. The molecular formula is C27H26N4O3S2. The number of aromatic nitrogens is 2. The van der Waals surface area contributed by atoms with Gasteiger partial charge in [0.15, 0.2) is 5.13 Å². The van der Waals surface area contributed by atoms with E-state index in [1.54, 1.807) is 17.3 Å². The topological polar surface area (TPSA) is 83.5 Å². The SMILES string of the molecule is C=CCN(CC=C)S(=O)(=O)c1ccc(C(=O)N(Cc2cccnc2)c2nc3c(C)cccc3s2)cc1. The lowest BCUT2D eigenvalue weighted by Crippen LogP contribution is -2.32. The van der Waals surface area contributed by atoms with Crippen molar-refractivity contribution in [3.63, 3.8) is 0 Å². The number of amides is 1. The summed E-state index contributed by atoms with van der Waals surface area (Å²) in [6.07, 6.45) is 6.43. The lowest BCUT2D eigenvalue weighted by molar-refractivity contribution is 0.0985. The summed E-state index contributed by atoms with van der Waals surface area (Å²) < 4.78 is 28.3. The van der Waals surface area contributed by atoms with Crippen molar-refractivity contribution in [1.82, 2.24) is 14.3 Å². The van der Waals surface area contributed by atoms with Crippen LogP contribution in [0.3, 0.4) is 0 Å². The fourth-order valence-electron chi connectivity index (χ4n) is 3.72. The number of thiazole rings is 1. The third-order valence-corrected chi connectivity index (χ3v) is 8.44. The Bertz CT molecular complexity index is 1490. The number of sulfonamides is 1. The molecule has 0 aliphatic carbocycles. The quantitative estimate of drug-likeness (QED) is 0.269. The highest BCUT2D eigenvalue weighted by atomic mass is 32.2. The molecule has 0 saturated carbocycles. The van der Waals surface area contributed by atoms with Gasteiger partial charge in [-0.3, -0.25) is 14.7 Å². The van der Waals surface area contributed by atoms with Crippen LogP contribution in [0.2, 0.25) is 0 Å². The minimum Gasteiger partial charge on any atom is -0.279 e. The van der Waals surface area contributed by atoms with Crippen molar-refractivity contribution in [3.8, 4) is 0 Å². The summed E-state index contributed by atoms with van der Waals surface area (Å²) in [7, 11) is -3.76. The molecule has 2 aromatic carbocycles. The first-order valence-corrected chi connectivity index (χ1v) is 13.5. The Morgan fingerprint density at radius 1 is 1.03 bits per heavy atom. The number of pyridine rings is 1. The number of fused-ring (bicyclic) bond motifs is 1. The van der Waals surface area contributed by atoms with Gasteiger partial charge in [-0.1, -0.05) is 41.7 Å². The first-order chi connectivity index (χ1) is 17.3. The first kappa shape index (κ1) is 25.4. The van der Waals surface area contributed by atoms with E-state index in [2.05, 4.69) is 18.1 Å². The molecule has 2 aromatic heterocycles. The van der Waals surface area contributed by atoms with Gasteiger partial charge in [0.1, 0.15) is 0 Å². The molecule has 1 amide bonds. The van der Waals surface area contributed by atoms with Gasteiger partial charge >= 0.3 is 0 Å². The zero-order valence-corrected chi connectivity index (χ0v) is 21.5. The Morgan fingerprint density at radius 3 is 2.36 bits per heavy atom. The lowest BCUT2D eigenvalue weighted by Gasteiger charge is -2.21. The van der Waals surface area contributed by atoms with Gasteiger partial charge in [-0.15, -0.1) is 13.2 Å². The molecule has 184 valence electrons. The molecule has 9 heteroatoms. The van der Waals surface area contributed by atoms with Gasteiger partial charge in [-0.25, -0.2) is 13.4 Å². The van der Waals surface area contributed by atoms with Crippen LogP contribution in [0.15, 0.2) is 97.2 Å².